The van der Waals surface area contributed by atoms with Crippen LogP contribution in [-0.4, -0.2) is 40.6 Å². The van der Waals surface area contributed by atoms with Gasteiger partial charge in [0.15, 0.2) is 0 Å². The molecule has 0 saturated heterocycles. The molecule has 3 rings (SSSR count). The number of nitrogens with one attached hydrogen (secondary N) is 1. The highest BCUT2D eigenvalue weighted by Crippen LogP contribution is 2.26. The van der Waals surface area contributed by atoms with Crippen molar-refractivity contribution in [3.63, 3.8) is 0 Å². The first-order valence-electron chi connectivity index (χ1n) is 8.79. The second-order valence-corrected chi connectivity index (χ2v) is 6.37. The van der Waals surface area contributed by atoms with Crippen molar-refractivity contribution >= 4 is 5.91 Å². The van der Waals surface area contributed by atoms with Gasteiger partial charge < -0.3 is 15.2 Å². The minimum atomic E-state index is -0.617. The lowest BCUT2D eigenvalue weighted by molar-refractivity contribution is 0.0924. The molecule has 6 nitrogen and oxygen atoms in total. The second kappa shape index (κ2) is 8.51. The summed E-state index contributed by atoms with van der Waals surface area (Å²) >= 11 is 0. The van der Waals surface area contributed by atoms with Crippen LogP contribution in [0.25, 0.3) is 11.3 Å². The molecule has 0 spiro atoms. The minimum absolute atomic E-state index is 0.181. The van der Waals surface area contributed by atoms with Gasteiger partial charge in [-0.3, -0.25) is 9.48 Å². The molecular weight excluding hydrogens is 342 g/mol. The smallest absolute Gasteiger partial charge is 0.255 e. The fraction of sp³-hybridized carbons (Fsp3) is 0.238. The van der Waals surface area contributed by atoms with Crippen LogP contribution in [0.3, 0.4) is 0 Å². The molecule has 1 amide bonds. The Kier molecular flexibility index (Phi) is 5.88. The number of benzene rings is 2. The Morgan fingerprint density at radius 3 is 2.70 bits per heavy atom. The molecule has 1 heterocycles. The molecule has 27 heavy (non-hydrogen) atoms. The number of methoxy groups -OCH3 is 1. The van der Waals surface area contributed by atoms with E-state index in [1.165, 1.54) is 0 Å². The minimum Gasteiger partial charge on any atom is -0.497 e. The van der Waals surface area contributed by atoms with Crippen molar-refractivity contribution in [2.24, 2.45) is 0 Å². The quantitative estimate of drug-likeness (QED) is 0.675. The lowest BCUT2D eigenvalue weighted by Crippen LogP contribution is -2.30. The average molecular weight is 365 g/mol. The molecule has 2 aromatic carbocycles. The van der Waals surface area contributed by atoms with Crippen molar-refractivity contribution in [2.45, 2.75) is 19.6 Å². The molecule has 140 valence electrons. The van der Waals surface area contributed by atoms with E-state index in [9.17, 15) is 9.90 Å². The van der Waals surface area contributed by atoms with Crippen LogP contribution >= 0.6 is 0 Å². The summed E-state index contributed by atoms with van der Waals surface area (Å²) in [7, 11) is 1.60. The molecule has 1 unspecified atom stereocenters. The van der Waals surface area contributed by atoms with E-state index in [0.29, 0.717) is 23.6 Å². The largest absolute Gasteiger partial charge is 0.497 e. The highest BCUT2D eigenvalue weighted by atomic mass is 16.5. The van der Waals surface area contributed by atoms with Gasteiger partial charge in [-0.05, 0) is 24.6 Å². The van der Waals surface area contributed by atoms with Crippen LogP contribution < -0.4 is 10.1 Å². The summed E-state index contributed by atoms with van der Waals surface area (Å²) in [5.74, 6) is 0.425. The Morgan fingerprint density at radius 1 is 1.22 bits per heavy atom. The van der Waals surface area contributed by atoms with Gasteiger partial charge in [-0.25, -0.2) is 0 Å². The Balaban J connectivity index is 1.96. The van der Waals surface area contributed by atoms with Crippen molar-refractivity contribution in [3.8, 4) is 17.0 Å². The standard InChI is InChI=1S/C21H23N3O3/c1-15(25)12-22-21(26)19-14-24(13-16-7-4-3-5-8-16)23-20(19)17-9-6-10-18(11-17)27-2/h3-11,14-15,25H,12-13H2,1-2H3,(H,22,26). The lowest BCUT2D eigenvalue weighted by atomic mass is 10.1. The number of aliphatic hydroxyl groups excluding tert-OH is 1. The number of hydrogen-bond donors (Lipinski definition) is 2. The predicted octanol–water partition coefficient (Wildman–Crippen LogP) is 2.72. The zero-order valence-corrected chi connectivity index (χ0v) is 15.4. The SMILES string of the molecule is COc1cccc(-c2nn(Cc3ccccc3)cc2C(=O)NCC(C)O)c1. The molecule has 0 radical (unpaired) electrons. The van der Waals surface area contributed by atoms with E-state index in [1.807, 2.05) is 54.6 Å². The first-order valence-corrected chi connectivity index (χ1v) is 8.79. The number of hydrogen-bond acceptors (Lipinski definition) is 4. The fourth-order valence-electron chi connectivity index (χ4n) is 2.76. The topological polar surface area (TPSA) is 76.4 Å². The molecule has 0 saturated carbocycles. The zero-order valence-electron chi connectivity index (χ0n) is 15.4. The highest BCUT2D eigenvalue weighted by molar-refractivity contribution is 5.99. The van der Waals surface area contributed by atoms with Crippen LogP contribution in [0.5, 0.6) is 5.75 Å². The van der Waals surface area contributed by atoms with Crippen molar-refractivity contribution in [1.82, 2.24) is 15.1 Å². The highest BCUT2D eigenvalue weighted by Gasteiger charge is 2.19. The van der Waals surface area contributed by atoms with Crippen LogP contribution in [0.15, 0.2) is 60.8 Å². The van der Waals surface area contributed by atoms with Gasteiger partial charge in [0.25, 0.3) is 5.91 Å². The third-order valence-electron chi connectivity index (χ3n) is 4.09. The molecule has 0 aliphatic rings. The Bertz CT molecular complexity index is 904. The molecule has 0 aliphatic heterocycles. The van der Waals surface area contributed by atoms with E-state index in [1.54, 1.807) is 24.9 Å². The van der Waals surface area contributed by atoms with Gasteiger partial charge in [-0.2, -0.15) is 5.10 Å². The van der Waals surface area contributed by atoms with Gasteiger partial charge in [0.1, 0.15) is 11.4 Å². The van der Waals surface area contributed by atoms with E-state index < -0.39 is 6.10 Å². The lowest BCUT2D eigenvalue weighted by Gasteiger charge is -2.07. The molecule has 6 heteroatoms. The van der Waals surface area contributed by atoms with Crippen molar-refractivity contribution in [2.75, 3.05) is 13.7 Å². The number of rotatable bonds is 7. The van der Waals surface area contributed by atoms with Gasteiger partial charge in [0.2, 0.25) is 0 Å². The first-order chi connectivity index (χ1) is 13.1. The predicted molar refractivity (Wildman–Crippen MR) is 104 cm³/mol. The number of carbonyl (C=O) groups is 1. The number of ether oxygens (including phenoxy) is 1. The van der Waals surface area contributed by atoms with Crippen molar-refractivity contribution in [3.05, 3.63) is 71.9 Å². The summed E-state index contributed by atoms with van der Waals surface area (Å²) < 4.78 is 7.04. The van der Waals surface area contributed by atoms with E-state index in [4.69, 9.17) is 4.74 Å². The molecule has 3 aromatic rings. The summed E-state index contributed by atoms with van der Waals surface area (Å²) in [6.07, 6.45) is 1.12. The van der Waals surface area contributed by atoms with Crippen molar-refractivity contribution in [1.29, 1.82) is 0 Å². The molecule has 1 atom stereocenters. The van der Waals surface area contributed by atoms with Crippen LogP contribution in [-0.2, 0) is 6.54 Å². The number of amides is 1. The van der Waals surface area contributed by atoms with Gasteiger partial charge in [-0.1, -0.05) is 42.5 Å². The molecule has 2 N–H and O–H groups in total. The second-order valence-electron chi connectivity index (χ2n) is 6.37. The maximum absolute atomic E-state index is 12.7. The normalized spacial score (nSPS) is 11.8. The van der Waals surface area contributed by atoms with E-state index >= 15 is 0 Å². The summed E-state index contributed by atoms with van der Waals surface area (Å²) in [5, 5.41) is 16.8. The third-order valence-corrected chi connectivity index (χ3v) is 4.09. The number of carbonyl (C=O) groups excluding carboxylic acids is 1. The molecular formula is C21H23N3O3. The van der Waals surface area contributed by atoms with E-state index in [0.717, 1.165) is 11.1 Å². The molecule has 0 fully saturated rings. The van der Waals surface area contributed by atoms with Gasteiger partial charge >= 0.3 is 0 Å². The summed E-state index contributed by atoms with van der Waals surface area (Å²) in [6.45, 7) is 2.36. The number of aromatic nitrogens is 2. The maximum atomic E-state index is 12.7. The Morgan fingerprint density at radius 2 is 2.00 bits per heavy atom. The summed E-state index contributed by atoms with van der Waals surface area (Å²) in [6, 6.07) is 17.4. The van der Waals surface area contributed by atoms with Crippen LogP contribution in [0.4, 0.5) is 0 Å². The van der Waals surface area contributed by atoms with Gasteiger partial charge in [0.05, 0.1) is 25.3 Å². The molecule has 1 aromatic heterocycles. The zero-order chi connectivity index (χ0) is 19.2. The maximum Gasteiger partial charge on any atom is 0.255 e. The van der Waals surface area contributed by atoms with Crippen molar-refractivity contribution < 1.29 is 14.6 Å². The van der Waals surface area contributed by atoms with Crippen LogP contribution in [0.2, 0.25) is 0 Å². The summed E-state index contributed by atoms with van der Waals surface area (Å²) in [4.78, 5) is 12.7. The molecule has 0 aliphatic carbocycles. The van der Waals surface area contributed by atoms with Gasteiger partial charge in [0, 0.05) is 18.3 Å². The molecule has 0 bridgehead atoms. The van der Waals surface area contributed by atoms with E-state index in [-0.39, 0.29) is 12.5 Å². The van der Waals surface area contributed by atoms with Gasteiger partial charge in [-0.15, -0.1) is 0 Å². The third kappa shape index (κ3) is 4.74. The van der Waals surface area contributed by atoms with Crippen LogP contribution in [0.1, 0.15) is 22.8 Å². The average Bonchev–Trinajstić information content (AvgIpc) is 3.11. The van der Waals surface area contributed by atoms with Crippen LogP contribution in [0, 0.1) is 0 Å². The Hall–Kier alpha value is -3.12. The Labute approximate surface area is 158 Å². The fourth-order valence-corrected chi connectivity index (χ4v) is 2.76. The monoisotopic (exact) mass is 365 g/mol. The number of aliphatic hydroxyl groups is 1. The summed E-state index contributed by atoms with van der Waals surface area (Å²) in [5.41, 5.74) is 2.92. The van der Waals surface area contributed by atoms with E-state index in [2.05, 4.69) is 10.4 Å². The number of nitrogens with zero attached hydrogens (tertiary/aromatic N) is 2. The first kappa shape index (κ1) is 18.7.